The third kappa shape index (κ3) is 1.69. The van der Waals surface area contributed by atoms with Gasteiger partial charge in [-0.15, -0.1) is 0 Å². The van der Waals surface area contributed by atoms with Crippen molar-refractivity contribution in [2.75, 3.05) is 13.2 Å². The maximum atomic E-state index is 12.3. The third-order valence-corrected chi connectivity index (χ3v) is 6.42. The van der Waals surface area contributed by atoms with Crippen LogP contribution in [0.3, 0.4) is 0 Å². The minimum Gasteiger partial charge on any atom is -0.460 e. The summed E-state index contributed by atoms with van der Waals surface area (Å²) in [5.41, 5.74) is 5.53. The molecule has 0 amide bonds. The van der Waals surface area contributed by atoms with E-state index in [1.54, 1.807) is 0 Å². The number of carbonyl (C=O) groups is 1. The zero-order chi connectivity index (χ0) is 13.9. The third-order valence-electron chi connectivity index (χ3n) is 6.42. The van der Waals surface area contributed by atoms with Crippen LogP contribution in [0.25, 0.3) is 0 Å². The predicted molar refractivity (Wildman–Crippen MR) is 71.5 cm³/mol. The van der Waals surface area contributed by atoms with Crippen molar-refractivity contribution >= 4 is 5.97 Å². The Morgan fingerprint density at radius 1 is 1.32 bits per heavy atom. The summed E-state index contributed by atoms with van der Waals surface area (Å²) in [6.07, 6.45) is 3.99. The summed E-state index contributed by atoms with van der Waals surface area (Å²) in [5.74, 6) is 0.406. The van der Waals surface area contributed by atoms with Crippen LogP contribution < -0.4 is 5.73 Å². The van der Waals surface area contributed by atoms with E-state index in [9.17, 15) is 4.79 Å². The van der Waals surface area contributed by atoms with Crippen molar-refractivity contribution < 1.29 is 14.3 Å². The molecule has 3 rings (SSSR count). The highest BCUT2D eigenvalue weighted by Crippen LogP contribution is 2.66. The minimum atomic E-state index is -0.914. The summed E-state index contributed by atoms with van der Waals surface area (Å²) in [6.45, 7) is 7.75. The van der Waals surface area contributed by atoms with Crippen molar-refractivity contribution in [2.45, 2.75) is 58.1 Å². The molecule has 4 atom stereocenters. The van der Waals surface area contributed by atoms with Gasteiger partial charge >= 0.3 is 5.97 Å². The second-order valence-electron chi connectivity index (χ2n) is 7.46. The smallest absolute Gasteiger partial charge is 0.328 e. The molecule has 0 aromatic carbocycles. The second-order valence-corrected chi connectivity index (χ2v) is 7.46. The molecule has 4 heteroatoms. The first kappa shape index (κ1) is 13.4. The lowest BCUT2D eigenvalue weighted by Gasteiger charge is -2.39. The van der Waals surface area contributed by atoms with Gasteiger partial charge in [0, 0.05) is 18.4 Å². The summed E-state index contributed by atoms with van der Waals surface area (Å²) in [4.78, 5) is 12.3. The summed E-state index contributed by atoms with van der Waals surface area (Å²) in [5, 5.41) is 0. The van der Waals surface area contributed by atoms with Crippen molar-refractivity contribution in [1.29, 1.82) is 0 Å². The molecule has 2 bridgehead atoms. The summed E-state index contributed by atoms with van der Waals surface area (Å²) >= 11 is 0. The largest absolute Gasteiger partial charge is 0.460 e. The SMILES string of the molecule is CC1(C)C2CCC1(C)C(OC(=O)C1(N)CCOC1)C2. The summed E-state index contributed by atoms with van der Waals surface area (Å²) in [6, 6.07) is 0. The normalized spacial score (nSPS) is 47.6. The summed E-state index contributed by atoms with van der Waals surface area (Å²) < 4.78 is 11.1. The first-order valence-electron chi connectivity index (χ1n) is 7.37. The summed E-state index contributed by atoms with van der Waals surface area (Å²) in [7, 11) is 0. The van der Waals surface area contributed by atoms with Gasteiger partial charge < -0.3 is 15.2 Å². The Labute approximate surface area is 115 Å². The van der Waals surface area contributed by atoms with E-state index < -0.39 is 5.54 Å². The molecule has 0 radical (unpaired) electrons. The van der Waals surface area contributed by atoms with Crippen LogP contribution in [0, 0.1) is 16.7 Å². The van der Waals surface area contributed by atoms with Crippen LogP contribution in [0.2, 0.25) is 0 Å². The van der Waals surface area contributed by atoms with Crippen molar-refractivity contribution in [3.05, 3.63) is 0 Å². The number of ether oxygens (including phenoxy) is 2. The Hall–Kier alpha value is -0.610. The molecule has 0 spiro atoms. The van der Waals surface area contributed by atoms with Gasteiger partial charge in [0.05, 0.1) is 6.61 Å². The van der Waals surface area contributed by atoms with Gasteiger partial charge in [-0.1, -0.05) is 20.8 Å². The van der Waals surface area contributed by atoms with Crippen LogP contribution >= 0.6 is 0 Å². The zero-order valence-electron chi connectivity index (χ0n) is 12.2. The lowest BCUT2D eigenvalue weighted by atomic mass is 9.70. The Kier molecular flexibility index (Phi) is 2.78. The van der Waals surface area contributed by atoms with E-state index in [0.717, 1.165) is 12.8 Å². The second kappa shape index (κ2) is 3.95. The van der Waals surface area contributed by atoms with Crippen molar-refractivity contribution in [3.8, 4) is 0 Å². The fraction of sp³-hybridized carbons (Fsp3) is 0.933. The van der Waals surface area contributed by atoms with Crippen molar-refractivity contribution in [2.24, 2.45) is 22.5 Å². The van der Waals surface area contributed by atoms with Gasteiger partial charge in [0.1, 0.15) is 11.6 Å². The number of carbonyl (C=O) groups excluding carboxylic acids is 1. The highest BCUT2D eigenvalue weighted by Gasteiger charge is 2.63. The standard InChI is InChI=1S/C15H25NO3/c1-13(2)10-4-5-14(13,3)11(8-10)19-12(17)15(16)6-7-18-9-15/h10-11H,4-9,16H2,1-3H3. The Morgan fingerprint density at radius 3 is 2.53 bits per heavy atom. The van der Waals surface area contributed by atoms with Gasteiger partial charge in [-0.2, -0.15) is 0 Å². The molecule has 0 aromatic rings. The number of esters is 1. The van der Waals surface area contributed by atoms with Crippen LogP contribution in [-0.2, 0) is 14.3 Å². The van der Waals surface area contributed by atoms with E-state index >= 15 is 0 Å². The topological polar surface area (TPSA) is 61.5 Å². The van der Waals surface area contributed by atoms with Crippen LogP contribution in [0.15, 0.2) is 0 Å². The Balaban J connectivity index is 1.74. The molecule has 1 aliphatic heterocycles. The number of hydrogen-bond donors (Lipinski definition) is 1. The molecule has 3 aliphatic rings. The van der Waals surface area contributed by atoms with Gasteiger partial charge in [0.2, 0.25) is 0 Å². The van der Waals surface area contributed by atoms with Gasteiger partial charge in [0.15, 0.2) is 0 Å². The number of rotatable bonds is 2. The molecule has 0 aromatic heterocycles. The van der Waals surface area contributed by atoms with Crippen LogP contribution in [0.5, 0.6) is 0 Å². The highest BCUT2D eigenvalue weighted by molar-refractivity contribution is 5.81. The van der Waals surface area contributed by atoms with Crippen molar-refractivity contribution in [3.63, 3.8) is 0 Å². The molecule has 2 saturated carbocycles. The monoisotopic (exact) mass is 267 g/mol. The lowest BCUT2D eigenvalue weighted by molar-refractivity contribution is -0.163. The fourth-order valence-electron chi connectivity index (χ4n) is 4.30. The van der Waals surface area contributed by atoms with E-state index in [1.807, 2.05) is 0 Å². The molecular formula is C15H25NO3. The van der Waals surface area contributed by atoms with Crippen LogP contribution in [-0.4, -0.2) is 30.8 Å². The van der Waals surface area contributed by atoms with Crippen molar-refractivity contribution in [1.82, 2.24) is 0 Å². The molecule has 2 N–H and O–H groups in total. The van der Waals surface area contributed by atoms with E-state index in [0.29, 0.717) is 25.6 Å². The van der Waals surface area contributed by atoms with Gasteiger partial charge in [-0.3, -0.25) is 0 Å². The maximum Gasteiger partial charge on any atom is 0.328 e. The molecule has 4 nitrogen and oxygen atoms in total. The van der Waals surface area contributed by atoms with E-state index in [2.05, 4.69) is 20.8 Å². The van der Waals surface area contributed by atoms with E-state index in [4.69, 9.17) is 15.2 Å². The average molecular weight is 267 g/mol. The van der Waals surface area contributed by atoms with Crippen LogP contribution in [0.4, 0.5) is 0 Å². The predicted octanol–water partition coefficient (Wildman–Crippen LogP) is 1.86. The molecule has 4 unspecified atom stereocenters. The molecule has 3 fully saturated rings. The maximum absolute atomic E-state index is 12.3. The molecule has 2 aliphatic carbocycles. The average Bonchev–Trinajstić information content (AvgIpc) is 2.92. The van der Waals surface area contributed by atoms with Gasteiger partial charge in [-0.05, 0) is 30.6 Å². The molecule has 19 heavy (non-hydrogen) atoms. The van der Waals surface area contributed by atoms with Gasteiger partial charge in [0.25, 0.3) is 0 Å². The Morgan fingerprint density at radius 2 is 2.05 bits per heavy atom. The fourth-order valence-corrected chi connectivity index (χ4v) is 4.30. The number of fused-ring (bicyclic) bond motifs is 2. The molecule has 108 valence electrons. The van der Waals surface area contributed by atoms with Gasteiger partial charge in [-0.25, -0.2) is 4.79 Å². The lowest BCUT2D eigenvalue weighted by Crippen LogP contribution is -2.52. The minimum absolute atomic E-state index is 0.0229. The quantitative estimate of drug-likeness (QED) is 0.776. The first-order chi connectivity index (χ1) is 8.80. The highest BCUT2D eigenvalue weighted by atomic mass is 16.6. The zero-order valence-corrected chi connectivity index (χ0v) is 12.2. The number of hydrogen-bond acceptors (Lipinski definition) is 4. The number of nitrogens with two attached hydrogens (primary N) is 1. The molecule has 1 saturated heterocycles. The molecular weight excluding hydrogens is 242 g/mol. The van der Waals surface area contributed by atoms with E-state index in [1.165, 1.54) is 6.42 Å². The van der Waals surface area contributed by atoms with Crippen LogP contribution in [0.1, 0.15) is 46.5 Å². The Bertz CT molecular complexity index is 400. The van der Waals surface area contributed by atoms with E-state index in [-0.39, 0.29) is 22.9 Å². The molecule has 1 heterocycles. The first-order valence-corrected chi connectivity index (χ1v) is 7.37.